The van der Waals surface area contributed by atoms with Crippen LogP contribution in [0.2, 0.25) is 0 Å². The Bertz CT molecular complexity index is 1200. The van der Waals surface area contributed by atoms with Gasteiger partial charge in [0.2, 0.25) is 5.91 Å². The van der Waals surface area contributed by atoms with Crippen molar-refractivity contribution in [2.75, 3.05) is 13.2 Å². The maximum absolute atomic E-state index is 12.5. The van der Waals surface area contributed by atoms with Crippen LogP contribution in [0.25, 0.3) is 0 Å². The smallest absolute Gasteiger partial charge is 0.305 e. The molecule has 0 aromatic heterocycles. The van der Waals surface area contributed by atoms with Crippen molar-refractivity contribution < 1.29 is 24.5 Å². The molecule has 0 aliphatic carbocycles. The van der Waals surface area contributed by atoms with Crippen molar-refractivity contribution in [3.8, 4) is 0 Å². The lowest BCUT2D eigenvalue weighted by atomic mass is 10.0. The van der Waals surface area contributed by atoms with Crippen molar-refractivity contribution in [2.24, 2.45) is 0 Å². The largest absolute Gasteiger partial charge is 0.466 e. The fourth-order valence-corrected chi connectivity index (χ4v) is 11.1. The fourth-order valence-electron chi connectivity index (χ4n) is 11.1. The van der Waals surface area contributed by atoms with Crippen LogP contribution in [0.5, 0.6) is 0 Å². The summed E-state index contributed by atoms with van der Waals surface area (Å²) in [5, 5.41) is 23.4. The van der Waals surface area contributed by atoms with Crippen molar-refractivity contribution in [2.45, 2.75) is 405 Å². The molecular formula is C71H137NO5. The van der Waals surface area contributed by atoms with E-state index < -0.39 is 12.1 Å². The number of hydrogen-bond donors (Lipinski definition) is 3. The number of amides is 1. The molecule has 0 aliphatic heterocycles. The van der Waals surface area contributed by atoms with Gasteiger partial charge in [0, 0.05) is 12.8 Å². The van der Waals surface area contributed by atoms with Gasteiger partial charge >= 0.3 is 5.97 Å². The first-order chi connectivity index (χ1) is 38.0. The van der Waals surface area contributed by atoms with Crippen molar-refractivity contribution in [1.82, 2.24) is 5.32 Å². The molecule has 0 aromatic rings. The van der Waals surface area contributed by atoms with E-state index in [4.69, 9.17) is 4.74 Å². The van der Waals surface area contributed by atoms with Crippen LogP contribution in [0, 0.1) is 0 Å². The second kappa shape index (κ2) is 66.8. The molecule has 0 saturated carbocycles. The van der Waals surface area contributed by atoms with E-state index in [2.05, 4.69) is 43.5 Å². The minimum Gasteiger partial charge on any atom is -0.466 e. The highest BCUT2D eigenvalue weighted by molar-refractivity contribution is 5.76. The highest BCUT2D eigenvalue weighted by Crippen LogP contribution is 2.19. The minimum absolute atomic E-state index is 0.00409. The van der Waals surface area contributed by atoms with Crippen molar-refractivity contribution in [1.29, 1.82) is 0 Å². The molecule has 77 heavy (non-hydrogen) atoms. The second-order valence-corrected chi connectivity index (χ2v) is 24.2. The van der Waals surface area contributed by atoms with Crippen molar-refractivity contribution >= 4 is 11.9 Å². The Labute approximate surface area is 481 Å². The molecule has 0 rings (SSSR count). The first kappa shape index (κ1) is 75.3. The fraction of sp³-hybridized carbons (Fsp3) is 0.915. The quantitative estimate of drug-likeness (QED) is 0.0320. The lowest BCUT2D eigenvalue weighted by Gasteiger charge is -2.22. The Morgan fingerprint density at radius 1 is 0.351 bits per heavy atom. The number of ether oxygens (including phenoxy) is 1. The van der Waals surface area contributed by atoms with Crippen LogP contribution in [0.1, 0.15) is 393 Å². The highest BCUT2D eigenvalue weighted by Gasteiger charge is 2.20. The Kier molecular flexibility index (Phi) is 65.4. The van der Waals surface area contributed by atoms with Crippen molar-refractivity contribution in [3.63, 3.8) is 0 Å². The van der Waals surface area contributed by atoms with E-state index in [-0.39, 0.29) is 18.5 Å². The molecule has 2 unspecified atom stereocenters. The summed E-state index contributed by atoms with van der Waals surface area (Å²) >= 11 is 0. The summed E-state index contributed by atoms with van der Waals surface area (Å²) in [5.41, 5.74) is 0. The number of rotatable bonds is 66. The molecule has 0 radical (unpaired) electrons. The van der Waals surface area contributed by atoms with Crippen LogP contribution >= 0.6 is 0 Å². The Hall–Kier alpha value is -1.66. The van der Waals surface area contributed by atoms with Crippen LogP contribution in [0.3, 0.4) is 0 Å². The van der Waals surface area contributed by atoms with E-state index in [0.29, 0.717) is 25.9 Å². The SMILES string of the molecule is CCCCC/C=C\CCCCCCCC(=O)OCCCCCCCCCCCCCC/C=C\CCCCCCCCCCCC(=O)NC(CO)C(O)CCCCCCCCCCCCCCCCCCCCCCCCC. The van der Waals surface area contributed by atoms with E-state index in [9.17, 15) is 19.8 Å². The second-order valence-electron chi connectivity index (χ2n) is 24.2. The van der Waals surface area contributed by atoms with Gasteiger partial charge in [-0.3, -0.25) is 9.59 Å². The summed E-state index contributed by atoms with van der Waals surface area (Å²) in [4.78, 5) is 24.6. The number of carbonyl (C=O) groups excluding carboxylic acids is 2. The van der Waals surface area contributed by atoms with E-state index in [1.165, 1.54) is 315 Å². The van der Waals surface area contributed by atoms with E-state index in [0.717, 1.165) is 44.9 Å². The molecule has 0 saturated heterocycles. The first-order valence-electron chi connectivity index (χ1n) is 35.1. The molecule has 1 amide bonds. The summed E-state index contributed by atoms with van der Waals surface area (Å²) in [6.07, 6.45) is 83.6. The number of esters is 1. The summed E-state index contributed by atoms with van der Waals surface area (Å²) < 4.78 is 5.47. The molecule has 2 atom stereocenters. The summed E-state index contributed by atoms with van der Waals surface area (Å²) in [6, 6.07) is -0.545. The average molecular weight is 1080 g/mol. The number of unbranched alkanes of at least 4 members (excludes halogenated alkanes) is 51. The number of aliphatic hydroxyl groups is 2. The topological polar surface area (TPSA) is 95.9 Å². The van der Waals surface area contributed by atoms with Gasteiger partial charge in [0.25, 0.3) is 0 Å². The van der Waals surface area contributed by atoms with Gasteiger partial charge in [-0.25, -0.2) is 0 Å². The third kappa shape index (κ3) is 63.4. The molecule has 6 heteroatoms. The molecule has 0 fully saturated rings. The molecule has 0 aromatic carbocycles. The Morgan fingerprint density at radius 3 is 0.948 bits per heavy atom. The molecule has 456 valence electrons. The summed E-state index contributed by atoms with van der Waals surface area (Å²) in [5.74, 6) is -0.0295. The summed E-state index contributed by atoms with van der Waals surface area (Å²) in [7, 11) is 0. The average Bonchev–Trinajstić information content (AvgIpc) is 3.43. The molecule has 3 N–H and O–H groups in total. The third-order valence-corrected chi connectivity index (χ3v) is 16.5. The van der Waals surface area contributed by atoms with E-state index >= 15 is 0 Å². The predicted octanol–water partition coefficient (Wildman–Crippen LogP) is 22.5. The zero-order valence-electron chi connectivity index (χ0n) is 52.2. The maximum atomic E-state index is 12.5. The van der Waals surface area contributed by atoms with Crippen molar-refractivity contribution in [3.05, 3.63) is 24.3 Å². The van der Waals surface area contributed by atoms with E-state index in [1.807, 2.05) is 0 Å². The van der Waals surface area contributed by atoms with Crippen LogP contribution in [-0.4, -0.2) is 47.4 Å². The van der Waals surface area contributed by atoms with E-state index in [1.54, 1.807) is 0 Å². The number of carbonyl (C=O) groups is 2. The molecule has 0 bridgehead atoms. The molecule has 6 nitrogen and oxygen atoms in total. The van der Waals surface area contributed by atoms with Gasteiger partial charge in [-0.05, 0) is 77.0 Å². The lowest BCUT2D eigenvalue weighted by molar-refractivity contribution is -0.143. The molecule has 0 spiro atoms. The van der Waals surface area contributed by atoms with Gasteiger partial charge in [-0.15, -0.1) is 0 Å². The Morgan fingerprint density at radius 2 is 0.610 bits per heavy atom. The zero-order chi connectivity index (χ0) is 55.7. The zero-order valence-corrected chi connectivity index (χ0v) is 52.2. The van der Waals surface area contributed by atoms with Gasteiger partial charge in [-0.1, -0.05) is 327 Å². The lowest BCUT2D eigenvalue weighted by Crippen LogP contribution is -2.45. The first-order valence-corrected chi connectivity index (χ1v) is 35.1. The Balaban J connectivity index is 3.40. The number of allylic oxidation sites excluding steroid dienone is 4. The number of aliphatic hydroxyl groups excluding tert-OH is 2. The predicted molar refractivity (Wildman–Crippen MR) is 338 cm³/mol. The number of hydrogen-bond acceptors (Lipinski definition) is 5. The van der Waals surface area contributed by atoms with Gasteiger partial charge in [0.1, 0.15) is 0 Å². The molecule has 0 heterocycles. The normalized spacial score (nSPS) is 12.6. The van der Waals surface area contributed by atoms with Gasteiger partial charge < -0.3 is 20.3 Å². The molecule has 0 aliphatic rings. The van der Waals surface area contributed by atoms with Gasteiger partial charge in [0.05, 0.1) is 25.4 Å². The van der Waals surface area contributed by atoms with Crippen LogP contribution < -0.4 is 5.32 Å². The van der Waals surface area contributed by atoms with Crippen LogP contribution in [0.15, 0.2) is 24.3 Å². The summed E-state index contributed by atoms with van der Waals surface area (Å²) in [6.45, 7) is 4.96. The van der Waals surface area contributed by atoms with Gasteiger partial charge in [0.15, 0.2) is 0 Å². The highest BCUT2D eigenvalue weighted by atomic mass is 16.5. The number of nitrogens with one attached hydrogen (secondary N) is 1. The van der Waals surface area contributed by atoms with Gasteiger partial charge in [-0.2, -0.15) is 0 Å². The monoisotopic (exact) mass is 1080 g/mol. The van der Waals surface area contributed by atoms with Crippen LogP contribution in [-0.2, 0) is 14.3 Å². The third-order valence-electron chi connectivity index (χ3n) is 16.5. The minimum atomic E-state index is -0.667. The molecular weight excluding hydrogens is 947 g/mol. The van der Waals surface area contributed by atoms with Crippen LogP contribution in [0.4, 0.5) is 0 Å². The standard InChI is InChI=1S/C71H137NO5/c1-3-5-7-9-11-13-15-17-18-19-20-21-25-28-31-34-37-40-43-47-51-55-59-63-69(74)68(67-73)72-70(75)64-60-56-52-48-44-41-38-35-32-29-26-23-22-24-27-30-33-36-39-42-46-50-54-58-62-66-77-71(76)65-61-57-53-49-45-16-14-12-10-8-6-4-2/h12,14,23,26,68-69,73-74H,3-11,13,15-22,24-25,27-67H2,1-2H3,(H,72,75)/b14-12-,26-23-. The maximum Gasteiger partial charge on any atom is 0.305 e.